The molecule has 0 aromatic heterocycles. The number of hydrogen-bond acceptors (Lipinski definition) is 8. The lowest BCUT2D eigenvalue weighted by molar-refractivity contribution is -0.154. The van der Waals surface area contributed by atoms with Crippen LogP contribution in [0.2, 0.25) is 0 Å². The number of esters is 3. The Morgan fingerprint density at radius 3 is 2.50 bits per heavy atom. The van der Waals surface area contributed by atoms with Gasteiger partial charge < -0.3 is 19.3 Å². The van der Waals surface area contributed by atoms with Crippen molar-refractivity contribution in [3.8, 4) is 0 Å². The van der Waals surface area contributed by atoms with Crippen molar-refractivity contribution in [2.75, 3.05) is 0 Å². The van der Waals surface area contributed by atoms with E-state index in [1.54, 1.807) is 19.9 Å². The molecule has 5 aliphatic carbocycles. The highest BCUT2D eigenvalue weighted by atomic mass is 16.6. The minimum Gasteiger partial charge on any atom is -0.462 e. The van der Waals surface area contributed by atoms with Crippen LogP contribution in [0.1, 0.15) is 73.6 Å². The Labute approximate surface area is 234 Å². The average molecular weight is 551 g/mol. The first kappa shape index (κ1) is 26.2. The van der Waals surface area contributed by atoms with Crippen molar-refractivity contribution in [3.63, 3.8) is 0 Å². The van der Waals surface area contributed by atoms with E-state index in [9.17, 15) is 24.3 Å². The molecule has 8 nitrogen and oxygen atoms in total. The summed E-state index contributed by atoms with van der Waals surface area (Å²) in [5, 5.41) is 12.0. The topological polar surface area (TPSA) is 116 Å². The zero-order valence-electron chi connectivity index (χ0n) is 24.0. The molecule has 2 bridgehead atoms. The van der Waals surface area contributed by atoms with Crippen LogP contribution in [0.3, 0.4) is 0 Å². The lowest BCUT2D eigenvalue weighted by Gasteiger charge is -2.48. The van der Waals surface area contributed by atoms with E-state index in [-0.39, 0.29) is 41.9 Å². The quantitative estimate of drug-likeness (QED) is 0.298. The van der Waals surface area contributed by atoms with E-state index >= 15 is 0 Å². The van der Waals surface area contributed by atoms with Gasteiger partial charge in [0.25, 0.3) is 0 Å². The van der Waals surface area contributed by atoms with Gasteiger partial charge in [0.2, 0.25) is 0 Å². The molecule has 1 N–H and O–H groups in total. The Kier molecular flexibility index (Phi) is 5.21. The standard InChI is InChI=1S/C32H38O8/c1-13-7-8-18-26(22-14(2)9-19(34)21(13)22)40-29(36)32(18)11-17-10-30(32,5)25-24(17)31(6,37)12-20(38-16(4)33)23-15(3)28(35)39-27(23)25/h9,15,17-18,20,22-23,26-27,37H,7-8,10-12H2,1-6H3/t15-,17?,18+,20-,22?,23-,26?,27?,30?,31?,32+/m1/s1. The van der Waals surface area contributed by atoms with Crippen LogP contribution < -0.4 is 0 Å². The Hall–Kier alpha value is -2.74. The minimum atomic E-state index is -1.29. The first-order chi connectivity index (χ1) is 18.7. The van der Waals surface area contributed by atoms with Crippen LogP contribution in [0.5, 0.6) is 0 Å². The summed E-state index contributed by atoms with van der Waals surface area (Å²) in [6.07, 6.45) is 2.71. The first-order valence-corrected chi connectivity index (χ1v) is 14.7. The second kappa shape index (κ2) is 7.96. The predicted octanol–water partition coefficient (Wildman–Crippen LogP) is 3.76. The first-order valence-electron chi connectivity index (χ1n) is 14.7. The maximum Gasteiger partial charge on any atom is 0.313 e. The lowest BCUT2D eigenvalue weighted by Crippen LogP contribution is -2.51. The summed E-state index contributed by atoms with van der Waals surface area (Å²) in [6, 6.07) is 0. The molecule has 8 heteroatoms. The fourth-order valence-electron chi connectivity index (χ4n) is 10.6. The minimum absolute atomic E-state index is 0.0211. The number of hydrogen-bond donors (Lipinski definition) is 1. The van der Waals surface area contributed by atoms with Crippen molar-refractivity contribution >= 4 is 23.7 Å². The summed E-state index contributed by atoms with van der Waals surface area (Å²) in [4.78, 5) is 52.4. The third kappa shape index (κ3) is 2.96. The normalized spacial score (nSPS) is 48.8. The number of ether oxygens (including phenoxy) is 3. The van der Waals surface area contributed by atoms with E-state index in [0.29, 0.717) is 12.8 Å². The molecule has 2 aliphatic heterocycles. The molecule has 6 unspecified atom stereocenters. The van der Waals surface area contributed by atoms with E-state index in [4.69, 9.17) is 14.2 Å². The van der Waals surface area contributed by atoms with Gasteiger partial charge in [-0.05, 0) is 69.6 Å². The second-order valence-corrected chi connectivity index (χ2v) is 14.0. The van der Waals surface area contributed by atoms with Gasteiger partial charge in [0, 0.05) is 36.2 Å². The van der Waals surface area contributed by atoms with Crippen molar-refractivity contribution in [1.29, 1.82) is 0 Å². The summed E-state index contributed by atoms with van der Waals surface area (Å²) in [6.45, 7) is 11.0. The number of carbonyl (C=O) groups is 4. The molecule has 0 aromatic carbocycles. The van der Waals surface area contributed by atoms with Gasteiger partial charge in [-0.25, -0.2) is 0 Å². The van der Waals surface area contributed by atoms with Gasteiger partial charge in [0.1, 0.15) is 18.3 Å². The molecule has 7 rings (SSSR count). The van der Waals surface area contributed by atoms with Gasteiger partial charge in [-0.2, -0.15) is 0 Å². The van der Waals surface area contributed by atoms with E-state index < -0.39 is 52.5 Å². The van der Waals surface area contributed by atoms with Crippen LogP contribution in [0.4, 0.5) is 0 Å². The molecule has 3 fully saturated rings. The second-order valence-electron chi connectivity index (χ2n) is 14.0. The summed E-state index contributed by atoms with van der Waals surface area (Å²) < 4.78 is 18.2. The van der Waals surface area contributed by atoms with Crippen molar-refractivity contribution in [2.24, 2.45) is 40.4 Å². The molecular weight excluding hydrogens is 512 g/mol. The fraction of sp³-hybridized carbons (Fsp3) is 0.688. The molecule has 0 radical (unpaired) electrons. The van der Waals surface area contributed by atoms with Gasteiger partial charge >= 0.3 is 17.9 Å². The van der Waals surface area contributed by atoms with E-state index in [1.165, 1.54) is 6.92 Å². The summed E-state index contributed by atoms with van der Waals surface area (Å²) in [5.74, 6) is -2.46. The molecule has 0 aromatic rings. The van der Waals surface area contributed by atoms with Crippen LogP contribution in [0.25, 0.3) is 0 Å². The molecule has 1 saturated carbocycles. The highest BCUT2D eigenvalue weighted by molar-refractivity contribution is 6.09. The average Bonchev–Trinajstić information content (AvgIpc) is 3.53. The van der Waals surface area contributed by atoms with Crippen LogP contribution >= 0.6 is 0 Å². The third-order valence-corrected chi connectivity index (χ3v) is 11.9. The smallest absolute Gasteiger partial charge is 0.313 e. The molecule has 0 amide bonds. The monoisotopic (exact) mass is 550 g/mol. The lowest BCUT2D eigenvalue weighted by atomic mass is 9.52. The van der Waals surface area contributed by atoms with Gasteiger partial charge in [-0.3, -0.25) is 19.2 Å². The van der Waals surface area contributed by atoms with Gasteiger partial charge in [-0.15, -0.1) is 0 Å². The van der Waals surface area contributed by atoms with Crippen LogP contribution in [0.15, 0.2) is 33.9 Å². The van der Waals surface area contributed by atoms with Crippen molar-refractivity contribution in [3.05, 3.63) is 33.9 Å². The maximum absolute atomic E-state index is 14.3. The van der Waals surface area contributed by atoms with Crippen molar-refractivity contribution < 1.29 is 38.5 Å². The number of aliphatic hydroxyl groups is 1. The number of allylic oxidation sites excluding steroid dienone is 2. The highest BCUT2D eigenvalue weighted by Crippen LogP contribution is 2.76. The van der Waals surface area contributed by atoms with E-state index in [1.807, 2.05) is 13.8 Å². The summed E-state index contributed by atoms with van der Waals surface area (Å²) >= 11 is 0. The zero-order chi connectivity index (χ0) is 28.7. The van der Waals surface area contributed by atoms with Crippen LogP contribution in [0, 0.1) is 40.4 Å². The van der Waals surface area contributed by atoms with Crippen molar-refractivity contribution in [1.82, 2.24) is 0 Å². The third-order valence-electron chi connectivity index (χ3n) is 11.9. The molecule has 214 valence electrons. The van der Waals surface area contributed by atoms with Gasteiger partial charge in [-0.1, -0.05) is 25.0 Å². The van der Waals surface area contributed by atoms with Crippen LogP contribution in [-0.2, 0) is 33.4 Å². The highest BCUT2D eigenvalue weighted by Gasteiger charge is 2.77. The number of ketones is 1. The molecule has 2 saturated heterocycles. The zero-order valence-corrected chi connectivity index (χ0v) is 24.0. The SMILES string of the molecule is CC(=O)O[C@@H]1CC(C)(O)C2=C(C3OC(=O)[C@H](C)[C@@H]31)C1(C)CC2C[C@]12C(=O)OC1C3C(C)=CC(=O)C3=C(C)CC[C@@H]12. The Balaban J connectivity index is 1.38. The maximum atomic E-state index is 14.3. The van der Waals surface area contributed by atoms with Gasteiger partial charge in [0.05, 0.1) is 22.9 Å². The van der Waals surface area contributed by atoms with Gasteiger partial charge in [0.15, 0.2) is 5.78 Å². The van der Waals surface area contributed by atoms with E-state index in [0.717, 1.165) is 40.7 Å². The molecular formula is C32H38O8. The largest absolute Gasteiger partial charge is 0.462 e. The van der Waals surface area contributed by atoms with Crippen LogP contribution in [-0.4, -0.2) is 52.7 Å². The Morgan fingerprint density at radius 2 is 1.80 bits per heavy atom. The Morgan fingerprint density at radius 1 is 1.07 bits per heavy atom. The predicted molar refractivity (Wildman–Crippen MR) is 141 cm³/mol. The molecule has 40 heavy (non-hydrogen) atoms. The summed E-state index contributed by atoms with van der Waals surface area (Å²) in [5.41, 5.74) is 1.61. The number of fused-ring (bicyclic) bond motifs is 11. The number of carbonyl (C=O) groups excluding carboxylic acids is 4. The summed E-state index contributed by atoms with van der Waals surface area (Å²) in [7, 11) is 0. The van der Waals surface area contributed by atoms with E-state index in [2.05, 4.69) is 6.92 Å². The molecule has 7 aliphatic rings. The number of rotatable bonds is 1. The molecule has 2 heterocycles. The molecule has 11 atom stereocenters. The van der Waals surface area contributed by atoms with Crippen molar-refractivity contribution in [2.45, 2.75) is 97.6 Å². The fourth-order valence-corrected chi connectivity index (χ4v) is 10.6. The molecule has 1 spiro atoms. The Bertz CT molecular complexity index is 1380.